The summed E-state index contributed by atoms with van der Waals surface area (Å²) in [6, 6.07) is 0. The Hall–Kier alpha value is -0.210. The molecule has 0 aromatic carbocycles. The molecule has 0 aliphatic carbocycles. The third-order valence-electron chi connectivity index (χ3n) is 2.88. The molecule has 0 bridgehead atoms. The predicted molar refractivity (Wildman–Crippen MR) is 68.9 cm³/mol. The lowest BCUT2D eigenvalue weighted by Crippen LogP contribution is -2.51. The summed E-state index contributed by atoms with van der Waals surface area (Å²) >= 11 is 0. The average Bonchev–Trinajstić information content (AvgIpc) is 2.25. The van der Waals surface area contributed by atoms with Crippen LogP contribution in [0.1, 0.15) is 12.8 Å². The lowest BCUT2D eigenvalue weighted by Gasteiger charge is -2.35. The minimum Gasteiger partial charge on any atom is -0.330 e. The molecule has 0 aromatic rings. The Morgan fingerprint density at radius 2 is 1.76 bits per heavy atom. The first-order chi connectivity index (χ1) is 7.98. The van der Waals surface area contributed by atoms with Crippen molar-refractivity contribution in [2.24, 2.45) is 5.73 Å². The van der Waals surface area contributed by atoms with Gasteiger partial charge in [-0.15, -0.1) is 0 Å². The summed E-state index contributed by atoms with van der Waals surface area (Å²) in [5, 5.41) is 0. The number of likely N-dealkylation sites (N-methyl/N-ethyl adjacent to an activating group) is 1. The number of hydrogen-bond donors (Lipinski definition) is 1. The van der Waals surface area contributed by atoms with Crippen LogP contribution in [0.25, 0.3) is 0 Å². The highest BCUT2D eigenvalue weighted by Gasteiger charge is 2.32. The standard InChI is InChI=1S/C10H24N4O2S/c1-12(2)9-10-14-8-4-7-13(6-3-5-11)17(14,15)16/h3-11H2,1-2H3. The van der Waals surface area contributed by atoms with Gasteiger partial charge >= 0.3 is 0 Å². The molecule has 0 amide bonds. The van der Waals surface area contributed by atoms with Crippen molar-refractivity contribution < 1.29 is 8.42 Å². The first-order valence-electron chi connectivity index (χ1n) is 6.08. The van der Waals surface area contributed by atoms with Crippen LogP contribution in [0.5, 0.6) is 0 Å². The Morgan fingerprint density at radius 3 is 2.29 bits per heavy atom. The lowest BCUT2D eigenvalue weighted by atomic mass is 10.3. The van der Waals surface area contributed by atoms with Gasteiger partial charge in [-0.3, -0.25) is 0 Å². The second-order valence-corrected chi connectivity index (χ2v) is 6.53. The normalized spacial score (nSPS) is 22.1. The van der Waals surface area contributed by atoms with Crippen LogP contribution in [0.3, 0.4) is 0 Å². The Balaban J connectivity index is 2.60. The van der Waals surface area contributed by atoms with Gasteiger partial charge in [0.1, 0.15) is 0 Å². The molecule has 1 heterocycles. The van der Waals surface area contributed by atoms with Crippen LogP contribution >= 0.6 is 0 Å². The summed E-state index contributed by atoms with van der Waals surface area (Å²) in [6.45, 7) is 3.65. The minimum atomic E-state index is -3.25. The largest absolute Gasteiger partial charge is 0.330 e. The zero-order chi connectivity index (χ0) is 12.9. The summed E-state index contributed by atoms with van der Waals surface area (Å²) in [5.41, 5.74) is 5.43. The lowest BCUT2D eigenvalue weighted by molar-refractivity contribution is 0.263. The molecule has 17 heavy (non-hydrogen) atoms. The monoisotopic (exact) mass is 264 g/mol. The highest BCUT2D eigenvalue weighted by molar-refractivity contribution is 7.86. The highest BCUT2D eigenvalue weighted by atomic mass is 32.2. The molecule has 0 spiro atoms. The Morgan fingerprint density at radius 1 is 1.18 bits per heavy atom. The molecular formula is C10H24N4O2S. The van der Waals surface area contributed by atoms with Crippen molar-refractivity contribution in [2.45, 2.75) is 12.8 Å². The first kappa shape index (κ1) is 14.8. The molecular weight excluding hydrogens is 240 g/mol. The van der Waals surface area contributed by atoms with Gasteiger partial charge in [0.15, 0.2) is 0 Å². The van der Waals surface area contributed by atoms with Crippen molar-refractivity contribution in [3.63, 3.8) is 0 Å². The third-order valence-corrected chi connectivity index (χ3v) is 4.91. The Kier molecular flexibility index (Phi) is 5.81. The molecule has 1 aliphatic heterocycles. The summed E-state index contributed by atoms with van der Waals surface area (Å²) in [5.74, 6) is 0. The van der Waals surface area contributed by atoms with E-state index in [-0.39, 0.29) is 0 Å². The molecule has 2 N–H and O–H groups in total. The summed E-state index contributed by atoms with van der Waals surface area (Å²) < 4.78 is 27.6. The van der Waals surface area contributed by atoms with E-state index in [2.05, 4.69) is 0 Å². The maximum absolute atomic E-state index is 12.2. The molecule has 1 saturated heterocycles. The highest BCUT2D eigenvalue weighted by Crippen LogP contribution is 2.15. The van der Waals surface area contributed by atoms with Gasteiger partial charge in [-0.25, -0.2) is 0 Å². The average molecular weight is 264 g/mol. The van der Waals surface area contributed by atoms with E-state index in [4.69, 9.17) is 5.73 Å². The molecule has 0 aromatic heterocycles. The number of hydrogen-bond acceptors (Lipinski definition) is 4. The number of rotatable bonds is 6. The SMILES string of the molecule is CN(C)CCN1CCCN(CCCN)S1(=O)=O. The fourth-order valence-electron chi connectivity index (χ4n) is 1.85. The molecule has 0 unspecified atom stereocenters. The van der Waals surface area contributed by atoms with Gasteiger partial charge in [-0.05, 0) is 33.5 Å². The van der Waals surface area contributed by atoms with E-state index in [0.717, 1.165) is 19.4 Å². The summed E-state index contributed by atoms with van der Waals surface area (Å²) in [4.78, 5) is 1.99. The predicted octanol–water partition coefficient (Wildman–Crippen LogP) is -0.851. The van der Waals surface area contributed by atoms with E-state index < -0.39 is 10.2 Å². The zero-order valence-corrected chi connectivity index (χ0v) is 11.6. The summed E-state index contributed by atoms with van der Waals surface area (Å²) in [7, 11) is 0.647. The Bertz CT molecular complexity index is 318. The van der Waals surface area contributed by atoms with Gasteiger partial charge in [0.2, 0.25) is 0 Å². The third kappa shape index (κ3) is 4.18. The van der Waals surface area contributed by atoms with Crippen molar-refractivity contribution in [3.05, 3.63) is 0 Å². The van der Waals surface area contributed by atoms with Crippen molar-refractivity contribution >= 4 is 10.2 Å². The van der Waals surface area contributed by atoms with E-state index in [1.165, 1.54) is 0 Å². The molecule has 0 radical (unpaired) electrons. The van der Waals surface area contributed by atoms with Crippen LogP contribution in [-0.4, -0.2) is 75.3 Å². The Labute approximate surface area is 105 Å². The molecule has 1 fully saturated rings. The van der Waals surface area contributed by atoms with Crippen molar-refractivity contribution in [1.82, 2.24) is 13.5 Å². The van der Waals surface area contributed by atoms with Crippen molar-refractivity contribution in [1.29, 1.82) is 0 Å². The van der Waals surface area contributed by atoms with Crippen LogP contribution in [0.15, 0.2) is 0 Å². The van der Waals surface area contributed by atoms with Gasteiger partial charge in [0.25, 0.3) is 10.2 Å². The molecule has 102 valence electrons. The number of nitrogens with zero attached hydrogens (tertiary/aromatic N) is 3. The second-order valence-electron chi connectivity index (χ2n) is 4.60. The maximum atomic E-state index is 12.2. The fourth-order valence-corrected chi connectivity index (χ4v) is 3.57. The van der Waals surface area contributed by atoms with Crippen molar-refractivity contribution in [2.75, 3.05) is 53.4 Å². The molecule has 7 heteroatoms. The maximum Gasteiger partial charge on any atom is 0.282 e. The molecule has 1 rings (SSSR count). The first-order valence-corrected chi connectivity index (χ1v) is 7.48. The van der Waals surface area contributed by atoms with E-state index in [1.54, 1.807) is 8.61 Å². The van der Waals surface area contributed by atoms with Gasteiger partial charge in [0.05, 0.1) is 0 Å². The van der Waals surface area contributed by atoms with Crippen LogP contribution in [-0.2, 0) is 10.2 Å². The van der Waals surface area contributed by atoms with Crippen LogP contribution < -0.4 is 5.73 Å². The topological polar surface area (TPSA) is 69.9 Å². The summed E-state index contributed by atoms with van der Waals surface area (Å²) in [6.07, 6.45) is 1.62. The van der Waals surface area contributed by atoms with Crippen LogP contribution in [0, 0.1) is 0 Å². The van der Waals surface area contributed by atoms with E-state index in [1.807, 2.05) is 19.0 Å². The van der Waals surface area contributed by atoms with E-state index in [9.17, 15) is 8.42 Å². The van der Waals surface area contributed by atoms with E-state index >= 15 is 0 Å². The quantitative estimate of drug-likeness (QED) is 0.678. The van der Waals surface area contributed by atoms with Crippen LogP contribution in [0.2, 0.25) is 0 Å². The van der Waals surface area contributed by atoms with Gasteiger partial charge in [0, 0.05) is 32.7 Å². The fraction of sp³-hybridized carbons (Fsp3) is 1.00. The van der Waals surface area contributed by atoms with Gasteiger partial charge in [-0.2, -0.15) is 17.0 Å². The number of nitrogens with two attached hydrogens (primary N) is 1. The molecule has 6 nitrogen and oxygen atoms in total. The smallest absolute Gasteiger partial charge is 0.282 e. The van der Waals surface area contributed by atoms with Gasteiger partial charge in [-0.1, -0.05) is 0 Å². The molecule has 1 aliphatic rings. The second kappa shape index (κ2) is 6.65. The zero-order valence-electron chi connectivity index (χ0n) is 10.8. The minimum absolute atomic E-state index is 0.531. The van der Waals surface area contributed by atoms with Gasteiger partial charge < -0.3 is 10.6 Å². The van der Waals surface area contributed by atoms with E-state index in [0.29, 0.717) is 32.7 Å². The van der Waals surface area contributed by atoms with Crippen molar-refractivity contribution in [3.8, 4) is 0 Å². The molecule has 0 saturated carbocycles. The van der Waals surface area contributed by atoms with Crippen LogP contribution in [0.4, 0.5) is 0 Å². The molecule has 0 atom stereocenters.